The Bertz CT molecular complexity index is 354. The quantitative estimate of drug-likeness (QED) is 0.783. The van der Waals surface area contributed by atoms with Crippen LogP contribution in [0.25, 0.3) is 0 Å². The Hall–Kier alpha value is -0.380. The van der Waals surface area contributed by atoms with Gasteiger partial charge in [0.1, 0.15) is 0 Å². The molecule has 21 heavy (non-hydrogen) atoms. The number of ether oxygens (including phenoxy) is 1. The number of hydrogen-bond donors (Lipinski definition) is 2. The summed E-state index contributed by atoms with van der Waals surface area (Å²) in [5.41, 5.74) is 0.579. The van der Waals surface area contributed by atoms with Gasteiger partial charge in [0.05, 0.1) is 6.61 Å². The molecule has 1 heterocycles. The third kappa shape index (κ3) is 3.69. The van der Waals surface area contributed by atoms with Gasteiger partial charge < -0.3 is 15.2 Å². The minimum Gasteiger partial charge on any atom is -0.396 e. The molecule has 2 fully saturated rings. The van der Waals surface area contributed by atoms with E-state index in [0.717, 1.165) is 32.6 Å². The number of aliphatic hydroxyl groups excluding tert-OH is 1. The van der Waals surface area contributed by atoms with Crippen molar-refractivity contribution in [1.29, 1.82) is 0 Å². The predicted molar refractivity (Wildman–Crippen MR) is 85.3 cm³/mol. The number of rotatable bonds is 4. The third-order valence-electron chi connectivity index (χ3n) is 6.11. The lowest BCUT2D eigenvalue weighted by atomic mass is 9.68. The number of hydrogen-bond acceptors (Lipinski definition) is 3. The lowest BCUT2D eigenvalue weighted by molar-refractivity contribution is -0.0163. The van der Waals surface area contributed by atoms with Gasteiger partial charge in [-0.05, 0) is 43.9 Å². The van der Waals surface area contributed by atoms with Crippen molar-refractivity contribution in [2.75, 3.05) is 26.4 Å². The zero-order valence-corrected chi connectivity index (χ0v) is 13.3. The van der Waals surface area contributed by atoms with E-state index in [2.05, 4.69) is 17.5 Å². The van der Waals surface area contributed by atoms with Crippen LogP contribution in [-0.2, 0) is 4.74 Å². The maximum absolute atomic E-state index is 9.76. The molecular weight excluding hydrogens is 262 g/mol. The maximum Gasteiger partial charge on any atom is 0.0501 e. The second kappa shape index (κ2) is 6.80. The van der Waals surface area contributed by atoms with E-state index in [-0.39, 0.29) is 12.0 Å². The molecule has 0 bridgehead atoms. The minimum absolute atomic E-state index is 0.0477. The molecular formula is C18H31NO2. The van der Waals surface area contributed by atoms with Gasteiger partial charge >= 0.3 is 0 Å². The number of nitrogens with one attached hydrogen (secondary N) is 1. The van der Waals surface area contributed by atoms with E-state index in [1.807, 2.05) is 0 Å². The van der Waals surface area contributed by atoms with E-state index in [1.54, 1.807) is 0 Å². The molecule has 1 aliphatic heterocycles. The van der Waals surface area contributed by atoms with Gasteiger partial charge in [0.2, 0.25) is 0 Å². The lowest BCUT2D eigenvalue weighted by Crippen LogP contribution is -2.45. The first-order chi connectivity index (χ1) is 10.3. The Balaban J connectivity index is 1.51. The van der Waals surface area contributed by atoms with E-state index in [0.29, 0.717) is 11.5 Å². The first-order valence-corrected chi connectivity index (χ1v) is 8.87. The monoisotopic (exact) mass is 293 g/mol. The highest BCUT2D eigenvalue weighted by atomic mass is 16.5. The van der Waals surface area contributed by atoms with Gasteiger partial charge in [0, 0.05) is 31.2 Å². The Kier molecular flexibility index (Phi) is 5.03. The second-order valence-electron chi connectivity index (χ2n) is 7.58. The summed E-state index contributed by atoms with van der Waals surface area (Å²) in [5.74, 6) is 0. The molecule has 1 saturated heterocycles. The third-order valence-corrected chi connectivity index (χ3v) is 6.11. The molecule has 0 radical (unpaired) electrons. The highest BCUT2D eigenvalue weighted by Gasteiger charge is 2.35. The van der Waals surface area contributed by atoms with E-state index in [9.17, 15) is 5.11 Å². The fraction of sp³-hybridized carbons (Fsp3) is 0.889. The van der Waals surface area contributed by atoms with Crippen LogP contribution in [0.4, 0.5) is 0 Å². The Morgan fingerprint density at radius 2 is 1.81 bits per heavy atom. The largest absolute Gasteiger partial charge is 0.396 e. The zero-order valence-electron chi connectivity index (χ0n) is 13.3. The summed E-state index contributed by atoms with van der Waals surface area (Å²) in [5, 5.41) is 13.5. The van der Waals surface area contributed by atoms with Gasteiger partial charge in [0.15, 0.2) is 0 Å². The van der Waals surface area contributed by atoms with Crippen LogP contribution in [-0.4, -0.2) is 37.5 Å². The van der Waals surface area contributed by atoms with Crippen LogP contribution >= 0.6 is 0 Å². The first kappa shape index (κ1) is 15.5. The molecule has 120 valence electrons. The predicted octanol–water partition coefficient (Wildman–Crippen LogP) is 3.03. The maximum atomic E-state index is 9.76. The molecule has 0 aromatic carbocycles. The lowest BCUT2D eigenvalue weighted by Gasteiger charge is -2.40. The number of allylic oxidation sites excluding steroid dienone is 1. The molecule has 1 saturated carbocycles. The standard InChI is InChI=1S/C18H31NO2/c20-15-18(10-12-21-13-11-18)14-19-16-4-8-17(9-5-16)6-2-1-3-7-17/h4,8,16,19-20H,1-3,5-7,9-15H2/t16-/m1/s1. The molecule has 3 heteroatoms. The second-order valence-corrected chi connectivity index (χ2v) is 7.58. The number of aliphatic hydroxyl groups is 1. The molecule has 0 amide bonds. The molecule has 1 atom stereocenters. The van der Waals surface area contributed by atoms with Crippen LogP contribution < -0.4 is 5.32 Å². The molecule has 0 aromatic rings. The molecule has 3 rings (SSSR count). The van der Waals surface area contributed by atoms with Crippen LogP contribution in [0.1, 0.15) is 57.8 Å². The van der Waals surface area contributed by atoms with Crippen molar-refractivity contribution >= 4 is 0 Å². The van der Waals surface area contributed by atoms with E-state index < -0.39 is 0 Å². The van der Waals surface area contributed by atoms with Crippen molar-refractivity contribution in [2.24, 2.45) is 10.8 Å². The van der Waals surface area contributed by atoms with Crippen LogP contribution in [0.2, 0.25) is 0 Å². The average Bonchev–Trinajstić information content (AvgIpc) is 2.56. The fourth-order valence-electron chi connectivity index (χ4n) is 4.33. The van der Waals surface area contributed by atoms with Gasteiger partial charge in [-0.3, -0.25) is 0 Å². The molecule has 3 nitrogen and oxygen atoms in total. The van der Waals surface area contributed by atoms with Crippen molar-refractivity contribution in [2.45, 2.75) is 63.8 Å². The molecule has 2 aliphatic carbocycles. The Morgan fingerprint density at radius 1 is 1.05 bits per heavy atom. The fourth-order valence-corrected chi connectivity index (χ4v) is 4.33. The van der Waals surface area contributed by atoms with Gasteiger partial charge in [-0.25, -0.2) is 0 Å². The van der Waals surface area contributed by atoms with Crippen molar-refractivity contribution in [3.8, 4) is 0 Å². The van der Waals surface area contributed by atoms with Crippen LogP contribution in [0.3, 0.4) is 0 Å². The highest BCUT2D eigenvalue weighted by molar-refractivity contribution is 5.10. The molecule has 0 unspecified atom stereocenters. The first-order valence-electron chi connectivity index (χ1n) is 8.87. The Morgan fingerprint density at radius 3 is 2.43 bits per heavy atom. The molecule has 2 N–H and O–H groups in total. The van der Waals surface area contributed by atoms with Crippen molar-refractivity contribution in [3.63, 3.8) is 0 Å². The van der Waals surface area contributed by atoms with Crippen LogP contribution in [0.5, 0.6) is 0 Å². The molecule has 1 spiro atoms. The normalized spacial score (nSPS) is 31.4. The van der Waals surface area contributed by atoms with E-state index in [4.69, 9.17) is 4.74 Å². The van der Waals surface area contributed by atoms with Crippen molar-refractivity contribution in [1.82, 2.24) is 5.32 Å². The zero-order chi connectivity index (χ0) is 14.6. The van der Waals surface area contributed by atoms with Crippen molar-refractivity contribution < 1.29 is 9.84 Å². The van der Waals surface area contributed by atoms with Crippen LogP contribution in [0, 0.1) is 10.8 Å². The van der Waals surface area contributed by atoms with E-state index in [1.165, 1.54) is 44.9 Å². The molecule has 3 aliphatic rings. The summed E-state index contributed by atoms with van der Waals surface area (Å²) in [7, 11) is 0. The molecule has 0 aromatic heterocycles. The Labute approximate surface area is 129 Å². The minimum atomic E-state index is 0.0477. The highest BCUT2D eigenvalue weighted by Crippen LogP contribution is 2.44. The van der Waals surface area contributed by atoms with Crippen LogP contribution in [0.15, 0.2) is 12.2 Å². The van der Waals surface area contributed by atoms with Gasteiger partial charge in [-0.2, -0.15) is 0 Å². The van der Waals surface area contributed by atoms with Gasteiger partial charge in [0.25, 0.3) is 0 Å². The summed E-state index contributed by atoms with van der Waals surface area (Å²) in [6.45, 7) is 2.80. The summed E-state index contributed by atoms with van der Waals surface area (Å²) in [4.78, 5) is 0. The van der Waals surface area contributed by atoms with Gasteiger partial charge in [-0.1, -0.05) is 31.4 Å². The smallest absolute Gasteiger partial charge is 0.0501 e. The topological polar surface area (TPSA) is 41.5 Å². The van der Waals surface area contributed by atoms with Crippen molar-refractivity contribution in [3.05, 3.63) is 12.2 Å². The average molecular weight is 293 g/mol. The summed E-state index contributed by atoms with van der Waals surface area (Å²) < 4.78 is 5.44. The summed E-state index contributed by atoms with van der Waals surface area (Å²) in [6, 6.07) is 0.504. The SMILES string of the molecule is OCC1(CN[C@@H]2C=CC3(CCCCC3)CC2)CCOCC1. The van der Waals surface area contributed by atoms with Gasteiger partial charge in [-0.15, -0.1) is 0 Å². The van der Waals surface area contributed by atoms with E-state index >= 15 is 0 Å². The summed E-state index contributed by atoms with van der Waals surface area (Å²) >= 11 is 0. The summed E-state index contributed by atoms with van der Waals surface area (Å²) in [6.07, 6.45) is 16.5.